The third kappa shape index (κ3) is 3.84. The fourth-order valence-corrected chi connectivity index (χ4v) is 2.89. The van der Waals surface area contributed by atoms with Gasteiger partial charge in [-0.05, 0) is 58.6 Å². The monoisotopic (exact) mass is 371 g/mol. The Morgan fingerprint density at radius 1 is 1.14 bits per heavy atom. The van der Waals surface area contributed by atoms with Crippen molar-refractivity contribution in [1.29, 1.82) is 0 Å². The van der Waals surface area contributed by atoms with Crippen molar-refractivity contribution < 1.29 is 8.78 Å². The van der Waals surface area contributed by atoms with Gasteiger partial charge in [-0.25, -0.2) is 8.78 Å². The maximum atomic E-state index is 14.2. The SMILES string of the molecule is CCNC(c1ccc(SC)cc1)c1cc(F)c(Br)cc1F. The Bertz CT molecular complexity index is 616. The topological polar surface area (TPSA) is 12.0 Å². The summed E-state index contributed by atoms with van der Waals surface area (Å²) >= 11 is 4.65. The van der Waals surface area contributed by atoms with Crippen molar-refractivity contribution in [2.45, 2.75) is 17.9 Å². The molecule has 0 radical (unpaired) electrons. The Hall–Kier alpha value is -0.910. The van der Waals surface area contributed by atoms with Gasteiger partial charge in [0.15, 0.2) is 0 Å². The first-order valence-electron chi connectivity index (χ1n) is 6.58. The second kappa shape index (κ2) is 7.38. The zero-order valence-electron chi connectivity index (χ0n) is 11.8. The Labute approximate surface area is 136 Å². The zero-order valence-corrected chi connectivity index (χ0v) is 14.2. The van der Waals surface area contributed by atoms with Crippen molar-refractivity contribution in [3.05, 3.63) is 63.6 Å². The molecule has 0 aliphatic rings. The minimum atomic E-state index is -0.463. The zero-order chi connectivity index (χ0) is 15.4. The van der Waals surface area contributed by atoms with Crippen molar-refractivity contribution in [2.75, 3.05) is 12.8 Å². The van der Waals surface area contributed by atoms with Gasteiger partial charge in [-0.15, -0.1) is 11.8 Å². The highest BCUT2D eigenvalue weighted by atomic mass is 79.9. The fraction of sp³-hybridized carbons (Fsp3) is 0.250. The Morgan fingerprint density at radius 2 is 1.81 bits per heavy atom. The molecule has 112 valence electrons. The minimum Gasteiger partial charge on any atom is -0.306 e. The van der Waals surface area contributed by atoms with Gasteiger partial charge >= 0.3 is 0 Å². The molecule has 0 bridgehead atoms. The summed E-state index contributed by atoms with van der Waals surface area (Å²) < 4.78 is 28.1. The van der Waals surface area contributed by atoms with Crippen LogP contribution in [0.4, 0.5) is 8.78 Å². The third-order valence-corrected chi connectivity index (χ3v) is 4.56. The summed E-state index contributed by atoms with van der Waals surface area (Å²) in [6.07, 6.45) is 2.00. The maximum Gasteiger partial charge on any atom is 0.137 e. The molecule has 5 heteroatoms. The first-order valence-corrected chi connectivity index (χ1v) is 8.60. The second-order valence-corrected chi connectivity index (χ2v) is 6.29. The van der Waals surface area contributed by atoms with Crippen LogP contribution in [0.2, 0.25) is 0 Å². The molecule has 0 amide bonds. The lowest BCUT2D eigenvalue weighted by Crippen LogP contribution is -2.23. The molecule has 2 aromatic rings. The standard InChI is InChI=1S/C16H16BrF2NS/c1-3-20-16(10-4-6-11(21-2)7-5-10)12-8-15(19)13(17)9-14(12)18/h4-9,16,20H,3H2,1-2H3. The molecule has 1 N–H and O–H groups in total. The van der Waals surface area contributed by atoms with Gasteiger partial charge in [-0.3, -0.25) is 0 Å². The van der Waals surface area contributed by atoms with Gasteiger partial charge in [-0.1, -0.05) is 19.1 Å². The largest absolute Gasteiger partial charge is 0.306 e. The van der Waals surface area contributed by atoms with Crippen LogP contribution < -0.4 is 5.32 Å². The van der Waals surface area contributed by atoms with E-state index in [2.05, 4.69) is 21.2 Å². The number of nitrogens with one attached hydrogen (secondary N) is 1. The smallest absolute Gasteiger partial charge is 0.137 e. The molecule has 0 saturated carbocycles. The molecule has 21 heavy (non-hydrogen) atoms. The molecule has 0 saturated heterocycles. The lowest BCUT2D eigenvalue weighted by Gasteiger charge is -2.20. The predicted molar refractivity (Wildman–Crippen MR) is 87.8 cm³/mol. The quantitative estimate of drug-likeness (QED) is 0.576. The van der Waals surface area contributed by atoms with Crippen molar-refractivity contribution in [3.63, 3.8) is 0 Å². The predicted octanol–water partition coefficient (Wildman–Crippen LogP) is 5.15. The highest BCUT2D eigenvalue weighted by molar-refractivity contribution is 9.10. The molecule has 2 rings (SSSR count). The highest BCUT2D eigenvalue weighted by Crippen LogP contribution is 2.29. The van der Waals surface area contributed by atoms with Crippen LogP contribution in [0.25, 0.3) is 0 Å². The lowest BCUT2D eigenvalue weighted by atomic mass is 9.98. The van der Waals surface area contributed by atoms with E-state index in [-0.39, 0.29) is 10.5 Å². The minimum absolute atomic E-state index is 0.136. The summed E-state index contributed by atoms with van der Waals surface area (Å²) in [7, 11) is 0. The number of benzene rings is 2. The first-order chi connectivity index (χ1) is 10.1. The van der Waals surface area contributed by atoms with E-state index in [1.54, 1.807) is 11.8 Å². The van der Waals surface area contributed by atoms with E-state index in [9.17, 15) is 8.78 Å². The maximum absolute atomic E-state index is 14.2. The Balaban J connectivity index is 2.44. The average molecular weight is 372 g/mol. The molecule has 0 spiro atoms. The molecule has 1 unspecified atom stereocenters. The lowest BCUT2D eigenvalue weighted by molar-refractivity contribution is 0.542. The van der Waals surface area contributed by atoms with E-state index in [0.29, 0.717) is 12.1 Å². The molecule has 0 fully saturated rings. The highest BCUT2D eigenvalue weighted by Gasteiger charge is 2.19. The number of thioether (sulfide) groups is 1. The van der Waals surface area contributed by atoms with Crippen LogP contribution in [-0.2, 0) is 0 Å². The number of rotatable bonds is 5. The molecule has 0 heterocycles. The van der Waals surface area contributed by atoms with Crippen molar-refractivity contribution in [2.24, 2.45) is 0 Å². The van der Waals surface area contributed by atoms with Gasteiger partial charge in [0.25, 0.3) is 0 Å². The van der Waals surface area contributed by atoms with Crippen molar-refractivity contribution >= 4 is 27.7 Å². The summed E-state index contributed by atoms with van der Waals surface area (Å²) in [5, 5.41) is 3.21. The van der Waals surface area contributed by atoms with Crippen LogP contribution in [0, 0.1) is 11.6 Å². The van der Waals surface area contributed by atoms with Gasteiger partial charge in [0.05, 0.1) is 10.5 Å². The Kier molecular flexibility index (Phi) is 5.79. The van der Waals surface area contributed by atoms with E-state index in [4.69, 9.17) is 0 Å². The average Bonchev–Trinajstić information content (AvgIpc) is 2.49. The summed E-state index contributed by atoms with van der Waals surface area (Å²) in [6.45, 7) is 2.60. The van der Waals surface area contributed by atoms with E-state index in [1.807, 2.05) is 37.4 Å². The van der Waals surface area contributed by atoms with Crippen LogP contribution in [0.1, 0.15) is 24.1 Å². The van der Waals surface area contributed by atoms with Crippen LogP contribution >= 0.6 is 27.7 Å². The van der Waals surface area contributed by atoms with Crippen LogP contribution in [0.3, 0.4) is 0 Å². The van der Waals surface area contributed by atoms with Gasteiger partial charge < -0.3 is 5.32 Å². The number of hydrogen-bond acceptors (Lipinski definition) is 2. The molecule has 2 aromatic carbocycles. The van der Waals surface area contributed by atoms with Crippen LogP contribution in [0.15, 0.2) is 45.8 Å². The molecule has 1 nitrogen and oxygen atoms in total. The summed E-state index contributed by atoms with van der Waals surface area (Å²) in [4.78, 5) is 1.14. The van der Waals surface area contributed by atoms with Gasteiger partial charge in [0, 0.05) is 10.5 Å². The van der Waals surface area contributed by atoms with Gasteiger partial charge in [0.1, 0.15) is 11.6 Å². The normalized spacial score (nSPS) is 12.4. The fourth-order valence-electron chi connectivity index (χ4n) is 2.17. The van der Waals surface area contributed by atoms with Crippen molar-refractivity contribution in [1.82, 2.24) is 5.32 Å². The van der Waals surface area contributed by atoms with E-state index in [0.717, 1.165) is 10.5 Å². The number of hydrogen-bond donors (Lipinski definition) is 1. The van der Waals surface area contributed by atoms with Gasteiger partial charge in [0.2, 0.25) is 0 Å². The molecular weight excluding hydrogens is 356 g/mol. The van der Waals surface area contributed by atoms with E-state index < -0.39 is 11.6 Å². The molecule has 1 atom stereocenters. The summed E-state index contributed by atoms with van der Waals surface area (Å²) in [5.74, 6) is -0.891. The first kappa shape index (κ1) is 16.5. The Morgan fingerprint density at radius 3 is 2.38 bits per heavy atom. The molecular formula is C16H16BrF2NS. The molecule has 0 aliphatic heterocycles. The third-order valence-electron chi connectivity index (χ3n) is 3.21. The summed E-state index contributed by atoms with van der Waals surface area (Å²) in [5.41, 5.74) is 1.23. The van der Waals surface area contributed by atoms with E-state index in [1.165, 1.54) is 12.1 Å². The van der Waals surface area contributed by atoms with Gasteiger partial charge in [-0.2, -0.15) is 0 Å². The van der Waals surface area contributed by atoms with E-state index >= 15 is 0 Å². The molecule has 0 aliphatic carbocycles. The summed E-state index contributed by atoms with van der Waals surface area (Å²) in [6, 6.07) is 9.90. The number of halogens is 3. The van der Waals surface area contributed by atoms with Crippen LogP contribution in [0.5, 0.6) is 0 Å². The second-order valence-electron chi connectivity index (χ2n) is 4.55. The van der Waals surface area contributed by atoms with Crippen molar-refractivity contribution in [3.8, 4) is 0 Å². The molecule has 0 aromatic heterocycles. The van der Waals surface area contributed by atoms with Crippen LogP contribution in [-0.4, -0.2) is 12.8 Å².